The molecule has 0 aliphatic carbocycles. The zero-order valence-electron chi connectivity index (χ0n) is 13.7. The predicted molar refractivity (Wildman–Crippen MR) is 91.6 cm³/mol. The zero-order valence-corrected chi connectivity index (χ0v) is 14.5. The third kappa shape index (κ3) is 3.16. The summed E-state index contributed by atoms with van der Waals surface area (Å²) in [5.41, 5.74) is 0.773. The molecule has 3 rings (SSSR count). The van der Waals surface area contributed by atoms with Crippen LogP contribution < -0.4 is 4.90 Å². The molecule has 1 fully saturated rings. The van der Waals surface area contributed by atoms with Gasteiger partial charge < -0.3 is 9.80 Å². The Morgan fingerprint density at radius 1 is 1.35 bits per heavy atom. The first-order valence-electron chi connectivity index (χ1n) is 7.80. The topological polar surface area (TPSA) is 66.4 Å². The van der Waals surface area contributed by atoms with Gasteiger partial charge in [-0.15, -0.1) is 0 Å². The molecule has 124 valence electrons. The molecule has 6 nitrogen and oxygen atoms in total. The van der Waals surface area contributed by atoms with E-state index >= 15 is 0 Å². The Morgan fingerprint density at radius 2 is 2.13 bits per heavy atom. The fraction of sp³-hybridized carbons (Fsp3) is 0.500. The van der Waals surface area contributed by atoms with Crippen LogP contribution in [0.4, 0.5) is 5.82 Å². The molecule has 1 aromatic heterocycles. The SMILES string of the molecule is CCN(C)C1CCN(c2ncnc3ccc(S(C)(=O)=O)cc23)C1. The second kappa shape index (κ2) is 6.05. The summed E-state index contributed by atoms with van der Waals surface area (Å²) in [6, 6.07) is 5.55. The lowest BCUT2D eigenvalue weighted by atomic mass is 10.2. The van der Waals surface area contributed by atoms with E-state index in [4.69, 9.17) is 0 Å². The van der Waals surface area contributed by atoms with Crippen LogP contribution in [0.15, 0.2) is 29.4 Å². The molecule has 7 heteroatoms. The standard InChI is InChI=1S/C16H22N4O2S/c1-4-19(2)12-7-8-20(10-12)16-14-9-13(23(3,21)22)5-6-15(14)17-11-18-16/h5-6,9,11-12H,4,7-8,10H2,1-3H3. The Morgan fingerprint density at radius 3 is 2.83 bits per heavy atom. The molecule has 1 atom stereocenters. The molecule has 0 radical (unpaired) electrons. The van der Waals surface area contributed by atoms with Crippen LogP contribution in [-0.2, 0) is 9.84 Å². The largest absolute Gasteiger partial charge is 0.354 e. The van der Waals surface area contributed by atoms with E-state index in [-0.39, 0.29) is 0 Å². The van der Waals surface area contributed by atoms with Crippen LogP contribution in [0.2, 0.25) is 0 Å². The molecule has 2 aromatic rings. The summed E-state index contributed by atoms with van der Waals surface area (Å²) in [5, 5.41) is 0.801. The highest BCUT2D eigenvalue weighted by Gasteiger charge is 2.27. The fourth-order valence-corrected chi connectivity index (χ4v) is 3.70. The predicted octanol–water partition coefficient (Wildman–Crippen LogP) is 1.56. The van der Waals surface area contributed by atoms with Crippen LogP contribution >= 0.6 is 0 Å². The maximum Gasteiger partial charge on any atom is 0.175 e. The summed E-state index contributed by atoms with van der Waals surface area (Å²) >= 11 is 0. The van der Waals surface area contributed by atoms with E-state index in [0.717, 1.165) is 42.8 Å². The number of hydrogen-bond acceptors (Lipinski definition) is 6. The Hall–Kier alpha value is -1.73. The van der Waals surface area contributed by atoms with Gasteiger partial charge in [-0.3, -0.25) is 0 Å². The zero-order chi connectivity index (χ0) is 16.6. The minimum Gasteiger partial charge on any atom is -0.354 e. The van der Waals surface area contributed by atoms with E-state index in [2.05, 4.69) is 33.7 Å². The van der Waals surface area contributed by atoms with Crippen molar-refractivity contribution in [2.45, 2.75) is 24.3 Å². The Balaban J connectivity index is 2.01. The highest BCUT2D eigenvalue weighted by molar-refractivity contribution is 7.90. The highest BCUT2D eigenvalue weighted by Crippen LogP contribution is 2.29. The molecule has 1 aliphatic heterocycles. The van der Waals surface area contributed by atoms with Gasteiger partial charge in [0.25, 0.3) is 0 Å². The van der Waals surface area contributed by atoms with Gasteiger partial charge in [0.1, 0.15) is 12.1 Å². The number of aromatic nitrogens is 2. The van der Waals surface area contributed by atoms with Crippen molar-refractivity contribution in [1.29, 1.82) is 0 Å². The minimum absolute atomic E-state index is 0.308. The van der Waals surface area contributed by atoms with Crippen molar-refractivity contribution in [2.75, 3.05) is 37.8 Å². The monoisotopic (exact) mass is 334 g/mol. The summed E-state index contributed by atoms with van der Waals surface area (Å²) in [6.45, 7) is 4.99. The number of sulfone groups is 1. The quantitative estimate of drug-likeness (QED) is 0.845. The van der Waals surface area contributed by atoms with Crippen molar-refractivity contribution in [1.82, 2.24) is 14.9 Å². The van der Waals surface area contributed by atoms with E-state index < -0.39 is 9.84 Å². The van der Waals surface area contributed by atoms with Gasteiger partial charge in [0.05, 0.1) is 10.4 Å². The van der Waals surface area contributed by atoms with Crippen molar-refractivity contribution in [2.24, 2.45) is 0 Å². The maximum atomic E-state index is 11.8. The van der Waals surface area contributed by atoms with Crippen LogP contribution in [0, 0.1) is 0 Å². The van der Waals surface area contributed by atoms with Crippen molar-refractivity contribution in [3.63, 3.8) is 0 Å². The first kappa shape index (κ1) is 16.1. The Labute approximate surface area is 137 Å². The van der Waals surface area contributed by atoms with Crippen LogP contribution in [0.3, 0.4) is 0 Å². The van der Waals surface area contributed by atoms with E-state index in [9.17, 15) is 8.42 Å². The van der Waals surface area contributed by atoms with Crippen molar-refractivity contribution in [3.8, 4) is 0 Å². The van der Waals surface area contributed by atoms with Crippen molar-refractivity contribution in [3.05, 3.63) is 24.5 Å². The summed E-state index contributed by atoms with van der Waals surface area (Å²) < 4.78 is 23.7. The molecular formula is C16H22N4O2S. The molecule has 0 saturated carbocycles. The summed E-state index contributed by atoms with van der Waals surface area (Å²) in [4.78, 5) is 13.6. The Kier molecular flexibility index (Phi) is 4.25. The number of anilines is 1. The lowest BCUT2D eigenvalue weighted by Gasteiger charge is -2.24. The van der Waals surface area contributed by atoms with E-state index in [0.29, 0.717) is 10.9 Å². The summed E-state index contributed by atoms with van der Waals surface area (Å²) in [5.74, 6) is 0.826. The van der Waals surface area contributed by atoms with Gasteiger partial charge in [-0.1, -0.05) is 6.92 Å². The third-order valence-corrected chi connectivity index (χ3v) is 5.71. The minimum atomic E-state index is -3.25. The lowest BCUT2D eigenvalue weighted by Crippen LogP contribution is -2.34. The summed E-state index contributed by atoms with van der Waals surface area (Å²) in [6.07, 6.45) is 3.86. The molecule has 0 bridgehead atoms. The summed E-state index contributed by atoms with van der Waals surface area (Å²) in [7, 11) is -1.11. The molecule has 0 amide bonds. The van der Waals surface area contributed by atoms with Gasteiger partial charge in [0, 0.05) is 30.8 Å². The van der Waals surface area contributed by atoms with E-state index in [1.165, 1.54) is 6.26 Å². The van der Waals surface area contributed by atoms with E-state index in [1.54, 1.807) is 24.5 Å². The molecule has 0 N–H and O–H groups in total. The average molecular weight is 334 g/mol. The lowest BCUT2D eigenvalue weighted by molar-refractivity contribution is 0.272. The smallest absolute Gasteiger partial charge is 0.175 e. The van der Waals surface area contributed by atoms with Gasteiger partial charge in [0.15, 0.2) is 9.84 Å². The highest BCUT2D eigenvalue weighted by atomic mass is 32.2. The molecule has 23 heavy (non-hydrogen) atoms. The Bertz CT molecular complexity index is 822. The number of likely N-dealkylation sites (N-methyl/N-ethyl adjacent to an activating group) is 1. The molecule has 1 unspecified atom stereocenters. The van der Waals surface area contributed by atoms with E-state index in [1.807, 2.05) is 0 Å². The average Bonchev–Trinajstić information content (AvgIpc) is 3.02. The number of hydrogen-bond donors (Lipinski definition) is 0. The number of fused-ring (bicyclic) bond motifs is 1. The first-order valence-corrected chi connectivity index (χ1v) is 9.69. The van der Waals surface area contributed by atoms with Gasteiger partial charge in [-0.25, -0.2) is 18.4 Å². The molecule has 1 saturated heterocycles. The van der Waals surface area contributed by atoms with Crippen LogP contribution in [-0.4, -0.2) is 62.3 Å². The molecule has 1 aromatic carbocycles. The van der Waals surface area contributed by atoms with Crippen LogP contribution in [0.5, 0.6) is 0 Å². The normalized spacial score (nSPS) is 19.0. The maximum absolute atomic E-state index is 11.8. The van der Waals surface area contributed by atoms with Gasteiger partial charge in [0.2, 0.25) is 0 Å². The number of rotatable bonds is 4. The first-order chi connectivity index (χ1) is 10.9. The molecular weight excluding hydrogens is 312 g/mol. The molecule has 1 aliphatic rings. The van der Waals surface area contributed by atoms with Crippen LogP contribution in [0.1, 0.15) is 13.3 Å². The van der Waals surface area contributed by atoms with Crippen molar-refractivity contribution >= 4 is 26.6 Å². The second-order valence-corrected chi connectivity index (χ2v) is 8.13. The van der Waals surface area contributed by atoms with Gasteiger partial charge in [-0.2, -0.15) is 0 Å². The van der Waals surface area contributed by atoms with Crippen LogP contribution in [0.25, 0.3) is 10.9 Å². The third-order valence-electron chi connectivity index (χ3n) is 4.60. The molecule has 0 spiro atoms. The van der Waals surface area contributed by atoms with Crippen molar-refractivity contribution < 1.29 is 8.42 Å². The van der Waals surface area contributed by atoms with Gasteiger partial charge in [-0.05, 0) is 38.2 Å². The fourth-order valence-electron chi connectivity index (χ4n) is 3.06. The molecule has 2 heterocycles. The second-order valence-electron chi connectivity index (χ2n) is 6.11. The number of benzene rings is 1. The van der Waals surface area contributed by atoms with Gasteiger partial charge >= 0.3 is 0 Å². The number of nitrogens with zero attached hydrogens (tertiary/aromatic N) is 4.